The molecular formula is C25H28N2O4S. The summed E-state index contributed by atoms with van der Waals surface area (Å²) in [5.41, 5.74) is 3.80. The number of ether oxygens (including phenoxy) is 1. The third-order valence-corrected chi connectivity index (χ3v) is 6.55. The molecule has 3 aromatic rings. The number of anilines is 1. The van der Waals surface area contributed by atoms with Gasteiger partial charge in [-0.3, -0.25) is 9.52 Å². The zero-order chi connectivity index (χ0) is 23.3. The van der Waals surface area contributed by atoms with Gasteiger partial charge in [0.25, 0.3) is 15.9 Å². The molecule has 0 fully saturated rings. The topological polar surface area (TPSA) is 75.7 Å². The summed E-state index contributed by atoms with van der Waals surface area (Å²) < 4.78 is 33.3. The zero-order valence-electron chi connectivity index (χ0n) is 18.8. The van der Waals surface area contributed by atoms with E-state index in [0.717, 1.165) is 22.4 Å². The van der Waals surface area contributed by atoms with E-state index < -0.39 is 10.0 Å². The Morgan fingerprint density at radius 2 is 1.59 bits per heavy atom. The third kappa shape index (κ3) is 5.68. The summed E-state index contributed by atoms with van der Waals surface area (Å²) in [6.45, 7) is 6.79. The van der Waals surface area contributed by atoms with Crippen LogP contribution in [-0.2, 0) is 16.6 Å². The molecule has 1 N–H and O–H groups in total. The standard InChI is InChI=1S/C25H28N2O4S/c1-5-31-23-13-7-20(8-14-23)17-27(4)25(28)21-9-11-22(12-10-21)26-32(29,30)24-15-6-18(2)19(3)16-24/h6-16,26H,5,17H2,1-4H3. The number of rotatable bonds is 8. The minimum atomic E-state index is -3.71. The fraction of sp³-hybridized carbons (Fsp3) is 0.240. The molecule has 0 atom stereocenters. The van der Waals surface area contributed by atoms with Gasteiger partial charge in [0, 0.05) is 24.8 Å². The number of hydrogen-bond acceptors (Lipinski definition) is 4. The number of hydrogen-bond donors (Lipinski definition) is 1. The first-order valence-corrected chi connectivity index (χ1v) is 11.9. The van der Waals surface area contributed by atoms with Crippen LogP contribution in [0.1, 0.15) is 34.0 Å². The number of carbonyl (C=O) groups excluding carboxylic acids is 1. The molecule has 0 aromatic heterocycles. The van der Waals surface area contributed by atoms with E-state index in [-0.39, 0.29) is 10.8 Å². The molecule has 0 aliphatic carbocycles. The smallest absolute Gasteiger partial charge is 0.261 e. The van der Waals surface area contributed by atoms with Crippen molar-refractivity contribution in [1.29, 1.82) is 0 Å². The third-order valence-electron chi connectivity index (χ3n) is 5.17. The van der Waals surface area contributed by atoms with E-state index in [2.05, 4.69) is 4.72 Å². The van der Waals surface area contributed by atoms with Crippen LogP contribution in [0.15, 0.2) is 71.6 Å². The minimum absolute atomic E-state index is 0.151. The zero-order valence-corrected chi connectivity index (χ0v) is 19.6. The second-order valence-electron chi connectivity index (χ2n) is 7.67. The molecule has 0 unspecified atom stereocenters. The van der Waals surface area contributed by atoms with Crippen molar-refractivity contribution in [2.45, 2.75) is 32.2 Å². The van der Waals surface area contributed by atoms with Crippen molar-refractivity contribution < 1.29 is 17.9 Å². The summed E-state index contributed by atoms with van der Waals surface area (Å²) in [6.07, 6.45) is 0. The maximum atomic E-state index is 12.8. The van der Waals surface area contributed by atoms with E-state index in [1.165, 1.54) is 0 Å². The predicted molar refractivity (Wildman–Crippen MR) is 127 cm³/mol. The van der Waals surface area contributed by atoms with Crippen molar-refractivity contribution in [3.05, 3.63) is 89.0 Å². The Bertz CT molecular complexity index is 1190. The van der Waals surface area contributed by atoms with Crippen molar-refractivity contribution in [2.75, 3.05) is 18.4 Å². The molecule has 0 saturated carbocycles. The van der Waals surface area contributed by atoms with Crippen LogP contribution in [0.4, 0.5) is 5.69 Å². The number of nitrogens with zero attached hydrogens (tertiary/aromatic N) is 1. The fourth-order valence-corrected chi connectivity index (χ4v) is 4.34. The van der Waals surface area contributed by atoms with Crippen molar-refractivity contribution >= 4 is 21.6 Å². The Balaban J connectivity index is 1.66. The minimum Gasteiger partial charge on any atom is -0.494 e. The normalized spacial score (nSPS) is 11.1. The van der Waals surface area contributed by atoms with Gasteiger partial charge in [-0.1, -0.05) is 18.2 Å². The average Bonchev–Trinajstić information content (AvgIpc) is 2.77. The average molecular weight is 453 g/mol. The Morgan fingerprint density at radius 1 is 0.938 bits per heavy atom. The summed E-state index contributed by atoms with van der Waals surface area (Å²) in [5.74, 6) is 0.645. The van der Waals surface area contributed by atoms with Crippen LogP contribution in [0.2, 0.25) is 0 Å². The first-order valence-electron chi connectivity index (χ1n) is 10.4. The molecule has 0 aliphatic rings. The number of benzene rings is 3. The molecule has 168 valence electrons. The van der Waals surface area contributed by atoms with Gasteiger partial charge in [-0.2, -0.15) is 0 Å². The van der Waals surface area contributed by atoms with Crippen LogP contribution >= 0.6 is 0 Å². The molecule has 0 saturated heterocycles. The van der Waals surface area contributed by atoms with Gasteiger partial charge in [0.1, 0.15) is 5.75 Å². The van der Waals surface area contributed by atoms with Crippen LogP contribution in [0.5, 0.6) is 5.75 Å². The van der Waals surface area contributed by atoms with Gasteiger partial charge >= 0.3 is 0 Å². The molecule has 0 aliphatic heterocycles. The number of amides is 1. The van der Waals surface area contributed by atoms with Crippen LogP contribution in [0.3, 0.4) is 0 Å². The quantitative estimate of drug-likeness (QED) is 0.534. The molecule has 6 nitrogen and oxygen atoms in total. The first-order chi connectivity index (χ1) is 15.2. The molecule has 3 aromatic carbocycles. The van der Waals surface area contributed by atoms with E-state index in [1.54, 1.807) is 54.4 Å². The van der Waals surface area contributed by atoms with E-state index in [9.17, 15) is 13.2 Å². The van der Waals surface area contributed by atoms with E-state index in [0.29, 0.717) is 24.4 Å². The monoisotopic (exact) mass is 452 g/mol. The molecular weight excluding hydrogens is 424 g/mol. The molecule has 0 heterocycles. The Labute approximate surface area is 189 Å². The lowest BCUT2D eigenvalue weighted by Crippen LogP contribution is -2.26. The summed E-state index contributed by atoms with van der Waals surface area (Å²) in [6, 6.07) is 19.1. The van der Waals surface area contributed by atoms with E-state index >= 15 is 0 Å². The van der Waals surface area contributed by atoms with Gasteiger partial charge in [0.05, 0.1) is 11.5 Å². The van der Waals surface area contributed by atoms with Crippen LogP contribution in [0.25, 0.3) is 0 Å². The number of sulfonamides is 1. The highest BCUT2D eigenvalue weighted by Crippen LogP contribution is 2.20. The fourth-order valence-electron chi connectivity index (χ4n) is 3.20. The lowest BCUT2D eigenvalue weighted by Gasteiger charge is -2.18. The van der Waals surface area contributed by atoms with Crippen molar-refractivity contribution in [3.8, 4) is 5.75 Å². The second-order valence-corrected chi connectivity index (χ2v) is 9.35. The lowest BCUT2D eigenvalue weighted by molar-refractivity contribution is 0.0785. The largest absolute Gasteiger partial charge is 0.494 e. The van der Waals surface area contributed by atoms with Gasteiger partial charge in [-0.05, 0) is 86.0 Å². The van der Waals surface area contributed by atoms with Gasteiger partial charge in [0.2, 0.25) is 0 Å². The van der Waals surface area contributed by atoms with Crippen molar-refractivity contribution in [2.24, 2.45) is 0 Å². The Hall–Kier alpha value is -3.32. The van der Waals surface area contributed by atoms with Crippen LogP contribution in [-0.4, -0.2) is 32.9 Å². The van der Waals surface area contributed by atoms with E-state index in [1.807, 2.05) is 45.0 Å². The highest BCUT2D eigenvalue weighted by Gasteiger charge is 2.16. The number of aryl methyl sites for hydroxylation is 2. The molecule has 3 rings (SSSR count). The molecule has 0 radical (unpaired) electrons. The van der Waals surface area contributed by atoms with Gasteiger partial charge < -0.3 is 9.64 Å². The molecule has 0 spiro atoms. The van der Waals surface area contributed by atoms with Gasteiger partial charge in [-0.25, -0.2) is 8.42 Å². The second kappa shape index (κ2) is 9.87. The molecule has 32 heavy (non-hydrogen) atoms. The van der Waals surface area contributed by atoms with Crippen molar-refractivity contribution in [3.63, 3.8) is 0 Å². The number of carbonyl (C=O) groups is 1. The summed E-state index contributed by atoms with van der Waals surface area (Å²) in [5, 5.41) is 0. The maximum absolute atomic E-state index is 12.8. The molecule has 7 heteroatoms. The Kier molecular flexibility index (Phi) is 7.20. The predicted octanol–water partition coefficient (Wildman–Crippen LogP) is 4.78. The Morgan fingerprint density at radius 3 is 2.19 bits per heavy atom. The summed E-state index contributed by atoms with van der Waals surface area (Å²) in [4.78, 5) is 14.6. The summed E-state index contributed by atoms with van der Waals surface area (Å²) >= 11 is 0. The van der Waals surface area contributed by atoms with Gasteiger partial charge in [-0.15, -0.1) is 0 Å². The first kappa shape index (κ1) is 23.3. The van der Waals surface area contributed by atoms with Crippen LogP contribution in [0, 0.1) is 13.8 Å². The highest BCUT2D eigenvalue weighted by atomic mass is 32.2. The van der Waals surface area contributed by atoms with E-state index in [4.69, 9.17) is 4.74 Å². The van der Waals surface area contributed by atoms with Crippen molar-refractivity contribution in [1.82, 2.24) is 4.90 Å². The summed E-state index contributed by atoms with van der Waals surface area (Å²) in [7, 11) is -1.97. The maximum Gasteiger partial charge on any atom is 0.261 e. The molecule has 0 bridgehead atoms. The SMILES string of the molecule is CCOc1ccc(CN(C)C(=O)c2ccc(NS(=O)(=O)c3ccc(C)c(C)c3)cc2)cc1. The van der Waals surface area contributed by atoms with Crippen LogP contribution < -0.4 is 9.46 Å². The lowest BCUT2D eigenvalue weighted by atomic mass is 10.1. The number of nitrogens with one attached hydrogen (secondary N) is 1. The molecule has 1 amide bonds. The highest BCUT2D eigenvalue weighted by molar-refractivity contribution is 7.92. The van der Waals surface area contributed by atoms with Gasteiger partial charge in [0.15, 0.2) is 0 Å².